The van der Waals surface area contributed by atoms with Gasteiger partial charge in [0.25, 0.3) is 0 Å². The first-order valence-corrected chi connectivity index (χ1v) is 7.04. The Kier molecular flexibility index (Phi) is 5.27. The van der Waals surface area contributed by atoms with Crippen LogP contribution >= 0.6 is 0 Å². The normalized spacial score (nSPS) is 15.8. The van der Waals surface area contributed by atoms with Crippen molar-refractivity contribution in [3.05, 3.63) is 35.6 Å². The summed E-state index contributed by atoms with van der Waals surface area (Å²) < 4.78 is 13.0. The largest absolute Gasteiger partial charge is 0.388 e. The van der Waals surface area contributed by atoms with E-state index < -0.39 is 17.8 Å². The number of hydrogen-bond acceptors (Lipinski definition) is 3. The fraction of sp³-hybridized carbons (Fsp3) is 0.467. The van der Waals surface area contributed by atoms with E-state index in [0.29, 0.717) is 5.56 Å². The second kappa shape index (κ2) is 7.17. The van der Waals surface area contributed by atoms with Gasteiger partial charge in [-0.05, 0) is 30.5 Å². The number of likely N-dealkylation sites (tertiary alicyclic amines) is 1. The maximum absolute atomic E-state index is 13.0. The zero-order chi connectivity index (χ0) is 15.2. The number of benzene rings is 1. The molecular formula is C15H19FN2O3. The lowest BCUT2D eigenvalue weighted by Gasteiger charge is -2.16. The van der Waals surface area contributed by atoms with Crippen LogP contribution in [0.15, 0.2) is 24.3 Å². The Hall–Kier alpha value is -1.95. The topological polar surface area (TPSA) is 69.6 Å². The highest BCUT2D eigenvalue weighted by molar-refractivity contribution is 5.85. The van der Waals surface area contributed by atoms with E-state index in [4.69, 9.17) is 0 Å². The van der Waals surface area contributed by atoms with Gasteiger partial charge in [-0.1, -0.05) is 12.1 Å². The Bertz CT molecular complexity index is 515. The van der Waals surface area contributed by atoms with Crippen LogP contribution in [0.4, 0.5) is 4.39 Å². The molecule has 1 aliphatic heterocycles. The number of nitrogens with zero attached hydrogens (tertiary/aromatic N) is 1. The Balaban J connectivity index is 1.77. The molecule has 1 atom stereocenters. The van der Waals surface area contributed by atoms with Crippen LogP contribution in [0.1, 0.15) is 30.9 Å². The minimum Gasteiger partial charge on any atom is -0.388 e. The zero-order valence-corrected chi connectivity index (χ0v) is 11.7. The quantitative estimate of drug-likeness (QED) is 0.851. The highest BCUT2D eigenvalue weighted by Crippen LogP contribution is 2.17. The lowest BCUT2D eigenvalue weighted by atomic mass is 10.1. The maximum Gasteiger partial charge on any atom is 0.241 e. The molecule has 0 radical (unpaired) electrons. The van der Waals surface area contributed by atoms with Gasteiger partial charge in [0, 0.05) is 13.1 Å². The Morgan fingerprint density at radius 2 is 2.05 bits per heavy atom. The summed E-state index contributed by atoms with van der Waals surface area (Å²) in [6.07, 6.45) is 0.717. The first-order chi connectivity index (χ1) is 10.1. The van der Waals surface area contributed by atoms with Gasteiger partial charge in [-0.25, -0.2) is 4.39 Å². The molecule has 1 aromatic carbocycles. The van der Waals surface area contributed by atoms with E-state index in [1.165, 1.54) is 18.2 Å². The molecule has 0 aromatic heterocycles. The number of hydrogen-bond donors (Lipinski definition) is 2. The van der Waals surface area contributed by atoms with E-state index in [-0.39, 0.29) is 18.9 Å². The number of nitrogens with one attached hydrogen (secondary N) is 1. The lowest BCUT2D eigenvalue weighted by molar-refractivity contribution is -0.132. The number of carbonyl (C=O) groups is 2. The fourth-order valence-electron chi connectivity index (χ4n) is 2.33. The summed E-state index contributed by atoms with van der Waals surface area (Å²) in [6, 6.07) is 5.48. The summed E-state index contributed by atoms with van der Waals surface area (Å²) in [5.74, 6) is -1.00. The second-order valence-corrected chi connectivity index (χ2v) is 5.14. The Morgan fingerprint density at radius 1 is 1.33 bits per heavy atom. The summed E-state index contributed by atoms with van der Waals surface area (Å²) in [6.45, 7) is 1.41. The van der Waals surface area contributed by atoms with Gasteiger partial charge < -0.3 is 15.3 Å². The number of rotatable bonds is 5. The molecule has 1 saturated heterocycles. The standard InChI is InChI=1S/C15H19FN2O3/c16-12-5-3-4-11(8-12)13(19)9-14(20)17-10-15(21)18-6-1-2-7-18/h3-5,8,13,19H,1-2,6-7,9-10H2,(H,17,20). The van der Waals surface area contributed by atoms with Gasteiger partial charge in [0.05, 0.1) is 19.1 Å². The van der Waals surface area contributed by atoms with E-state index in [0.717, 1.165) is 25.9 Å². The van der Waals surface area contributed by atoms with Crippen molar-refractivity contribution in [2.45, 2.75) is 25.4 Å². The van der Waals surface area contributed by atoms with Crippen molar-refractivity contribution in [3.63, 3.8) is 0 Å². The summed E-state index contributed by atoms with van der Waals surface area (Å²) in [4.78, 5) is 25.2. The third-order valence-corrected chi connectivity index (χ3v) is 3.51. The van der Waals surface area contributed by atoms with Crippen molar-refractivity contribution in [2.24, 2.45) is 0 Å². The summed E-state index contributed by atoms with van der Waals surface area (Å²) >= 11 is 0. The molecule has 0 spiro atoms. The van der Waals surface area contributed by atoms with Gasteiger partial charge in [0.2, 0.25) is 11.8 Å². The molecule has 21 heavy (non-hydrogen) atoms. The average Bonchev–Trinajstić information content (AvgIpc) is 2.99. The molecule has 2 rings (SSSR count). The van der Waals surface area contributed by atoms with Crippen molar-refractivity contribution < 1.29 is 19.1 Å². The second-order valence-electron chi connectivity index (χ2n) is 5.14. The smallest absolute Gasteiger partial charge is 0.241 e. The zero-order valence-electron chi connectivity index (χ0n) is 11.7. The molecule has 6 heteroatoms. The predicted octanol–water partition coefficient (Wildman–Crippen LogP) is 0.988. The maximum atomic E-state index is 13.0. The van der Waals surface area contributed by atoms with Crippen LogP contribution in [0.5, 0.6) is 0 Å². The summed E-state index contributed by atoms with van der Waals surface area (Å²) in [7, 11) is 0. The molecule has 0 aliphatic carbocycles. The van der Waals surface area contributed by atoms with Crippen LogP contribution in [0.3, 0.4) is 0 Å². The van der Waals surface area contributed by atoms with Crippen LogP contribution in [-0.4, -0.2) is 41.5 Å². The first-order valence-electron chi connectivity index (χ1n) is 7.04. The van der Waals surface area contributed by atoms with Gasteiger partial charge in [-0.3, -0.25) is 9.59 Å². The van der Waals surface area contributed by atoms with E-state index >= 15 is 0 Å². The van der Waals surface area contributed by atoms with Crippen molar-refractivity contribution in [2.75, 3.05) is 19.6 Å². The molecule has 1 fully saturated rings. The molecule has 1 aliphatic rings. The summed E-state index contributed by atoms with van der Waals surface area (Å²) in [5, 5.41) is 12.4. The highest BCUT2D eigenvalue weighted by atomic mass is 19.1. The monoisotopic (exact) mass is 294 g/mol. The van der Waals surface area contributed by atoms with E-state index in [9.17, 15) is 19.1 Å². The number of aliphatic hydroxyl groups is 1. The SMILES string of the molecule is O=C(CC(O)c1cccc(F)c1)NCC(=O)N1CCCC1. The van der Waals surface area contributed by atoms with Crippen LogP contribution in [0, 0.1) is 5.82 Å². The summed E-state index contributed by atoms with van der Waals surface area (Å²) in [5.41, 5.74) is 0.344. The third kappa shape index (κ3) is 4.53. The van der Waals surface area contributed by atoms with E-state index in [1.807, 2.05) is 0 Å². The molecule has 114 valence electrons. The minimum atomic E-state index is -1.08. The number of halogens is 1. The molecule has 5 nitrogen and oxygen atoms in total. The van der Waals surface area contributed by atoms with Crippen molar-refractivity contribution in [1.82, 2.24) is 10.2 Å². The Morgan fingerprint density at radius 3 is 2.71 bits per heavy atom. The Labute approximate surface area is 122 Å². The van der Waals surface area contributed by atoms with E-state index in [2.05, 4.69) is 5.32 Å². The molecule has 1 aromatic rings. The third-order valence-electron chi connectivity index (χ3n) is 3.51. The molecule has 2 N–H and O–H groups in total. The van der Waals surface area contributed by atoms with Gasteiger partial charge in [-0.2, -0.15) is 0 Å². The minimum absolute atomic E-state index is 0.0608. The first kappa shape index (κ1) is 15.4. The molecule has 0 bridgehead atoms. The number of carbonyl (C=O) groups excluding carboxylic acids is 2. The van der Waals surface area contributed by atoms with Gasteiger partial charge in [-0.15, -0.1) is 0 Å². The lowest BCUT2D eigenvalue weighted by Crippen LogP contribution is -2.39. The highest BCUT2D eigenvalue weighted by Gasteiger charge is 2.19. The van der Waals surface area contributed by atoms with Crippen molar-refractivity contribution in [1.29, 1.82) is 0 Å². The van der Waals surface area contributed by atoms with Gasteiger partial charge >= 0.3 is 0 Å². The van der Waals surface area contributed by atoms with Crippen LogP contribution in [-0.2, 0) is 9.59 Å². The van der Waals surface area contributed by atoms with Crippen molar-refractivity contribution in [3.8, 4) is 0 Å². The molecule has 1 unspecified atom stereocenters. The number of amides is 2. The van der Waals surface area contributed by atoms with E-state index in [1.54, 1.807) is 11.0 Å². The molecule has 2 amide bonds. The van der Waals surface area contributed by atoms with Crippen LogP contribution < -0.4 is 5.32 Å². The average molecular weight is 294 g/mol. The fourth-order valence-corrected chi connectivity index (χ4v) is 2.33. The predicted molar refractivity (Wildman–Crippen MR) is 74.8 cm³/mol. The molecule has 1 heterocycles. The number of aliphatic hydroxyl groups excluding tert-OH is 1. The molecule has 0 saturated carbocycles. The van der Waals surface area contributed by atoms with Crippen molar-refractivity contribution >= 4 is 11.8 Å². The van der Waals surface area contributed by atoms with Crippen LogP contribution in [0.25, 0.3) is 0 Å². The van der Waals surface area contributed by atoms with Crippen LogP contribution in [0.2, 0.25) is 0 Å². The van der Waals surface area contributed by atoms with Gasteiger partial charge in [0.1, 0.15) is 5.82 Å². The molecular weight excluding hydrogens is 275 g/mol. The van der Waals surface area contributed by atoms with Gasteiger partial charge in [0.15, 0.2) is 0 Å².